The summed E-state index contributed by atoms with van der Waals surface area (Å²) in [7, 11) is 1.80. The van der Waals surface area contributed by atoms with Gasteiger partial charge in [-0.3, -0.25) is 4.79 Å². The number of rotatable bonds is 3. The third kappa shape index (κ3) is 2.85. The van der Waals surface area contributed by atoms with Crippen molar-refractivity contribution < 1.29 is 4.79 Å². The molecule has 2 heterocycles. The molecule has 2 aromatic heterocycles. The van der Waals surface area contributed by atoms with E-state index in [1.54, 1.807) is 24.0 Å². The molecule has 0 aliphatic rings. The van der Waals surface area contributed by atoms with E-state index in [2.05, 4.69) is 36.4 Å². The molecule has 18 heavy (non-hydrogen) atoms. The van der Waals surface area contributed by atoms with Crippen molar-refractivity contribution >= 4 is 33.4 Å². The van der Waals surface area contributed by atoms with Crippen molar-refractivity contribution in [1.29, 1.82) is 0 Å². The summed E-state index contributed by atoms with van der Waals surface area (Å²) in [6.45, 7) is 0.276. The SMILES string of the molecule is Cn1cnnc1CNC(=O)c1cc(Br)cnc1Cl. The highest BCUT2D eigenvalue weighted by molar-refractivity contribution is 9.10. The molecular weight excluding hydrogens is 322 g/mol. The van der Waals surface area contributed by atoms with Crippen molar-refractivity contribution in [2.45, 2.75) is 6.54 Å². The minimum Gasteiger partial charge on any atom is -0.345 e. The van der Waals surface area contributed by atoms with Gasteiger partial charge in [-0.05, 0) is 22.0 Å². The molecule has 6 nitrogen and oxygen atoms in total. The van der Waals surface area contributed by atoms with Gasteiger partial charge in [0, 0.05) is 17.7 Å². The van der Waals surface area contributed by atoms with Gasteiger partial charge in [0.15, 0.2) is 5.82 Å². The second-order valence-corrected chi connectivity index (χ2v) is 4.81. The molecule has 0 unspecified atom stereocenters. The Morgan fingerprint density at radius 2 is 2.39 bits per heavy atom. The van der Waals surface area contributed by atoms with Crippen LogP contribution in [-0.2, 0) is 13.6 Å². The molecule has 2 aromatic rings. The van der Waals surface area contributed by atoms with E-state index in [0.29, 0.717) is 15.9 Å². The summed E-state index contributed by atoms with van der Waals surface area (Å²) < 4.78 is 2.41. The normalized spacial score (nSPS) is 10.4. The van der Waals surface area contributed by atoms with Crippen molar-refractivity contribution in [1.82, 2.24) is 25.1 Å². The first-order valence-electron chi connectivity index (χ1n) is 5.00. The Balaban J connectivity index is 2.08. The lowest BCUT2D eigenvalue weighted by Crippen LogP contribution is -2.24. The lowest BCUT2D eigenvalue weighted by molar-refractivity contribution is 0.0949. The summed E-state index contributed by atoms with van der Waals surface area (Å²) in [5.41, 5.74) is 0.313. The van der Waals surface area contributed by atoms with Crippen LogP contribution in [0.2, 0.25) is 5.15 Å². The van der Waals surface area contributed by atoms with E-state index in [0.717, 1.165) is 0 Å². The van der Waals surface area contributed by atoms with Crippen LogP contribution in [0.15, 0.2) is 23.1 Å². The van der Waals surface area contributed by atoms with E-state index >= 15 is 0 Å². The number of halogens is 2. The molecule has 0 bridgehead atoms. The minimum absolute atomic E-state index is 0.161. The number of nitrogens with one attached hydrogen (secondary N) is 1. The molecule has 0 aliphatic heterocycles. The molecule has 0 radical (unpaired) electrons. The third-order valence-electron chi connectivity index (χ3n) is 2.26. The van der Waals surface area contributed by atoms with Crippen LogP contribution in [0.5, 0.6) is 0 Å². The Kier molecular flexibility index (Phi) is 3.93. The number of carbonyl (C=O) groups excluding carboxylic acids is 1. The summed E-state index contributed by atoms with van der Waals surface area (Å²) >= 11 is 9.10. The maximum absolute atomic E-state index is 11.9. The van der Waals surface area contributed by atoms with Gasteiger partial charge in [0.2, 0.25) is 0 Å². The Labute approximate surface area is 117 Å². The molecule has 8 heteroatoms. The van der Waals surface area contributed by atoms with Crippen LogP contribution in [-0.4, -0.2) is 25.7 Å². The Hall–Kier alpha value is -1.47. The molecule has 1 amide bonds. The van der Waals surface area contributed by atoms with E-state index in [-0.39, 0.29) is 17.6 Å². The summed E-state index contributed by atoms with van der Waals surface area (Å²) in [5.74, 6) is 0.347. The number of aryl methyl sites for hydroxylation is 1. The number of hydrogen-bond acceptors (Lipinski definition) is 4. The van der Waals surface area contributed by atoms with Crippen molar-refractivity contribution in [2.24, 2.45) is 7.05 Å². The maximum atomic E-state index is 11.9. The van der Waals surface area contributed by atoms with E-state index in [4.69, 9.17) is 11.6 Å². The van der Waals surface area contributed by atoms with Crippen LogP contribution >= 0.6 is 27.5 Å². The average Bonchev–Trinajstić information content (AvgIpc) is 2.75. The lowest BCUT2D eigenvalue weighted by Gasteiger charge is -2.06. The summed E-state index contributed by atoms with van der Waals surface area (Å²) in [6.07, 6.45) is 3.09. The first-order valence-corrected chi connectivity index (χ1v) is 6.17. The smallest absolute Gasteiger partial charge is 0.254 e. The molecule has 0 aromatic carbocycles. The van der Waals surface area contributed by atoms with E-state index in [1.807, 2.05) is 0 Å². The number of amides is 1. The molecule has 94 valence electrons. The first kappa shape index (κ1) is 13.0. The highest BCUT2D eigenvalue weighted by Crippen LogP contribution is 2.17. The van der Waals surface area contributed by atoms with Crippen LogP contribution in [0.3, 0.4) is 0 Å². The van der Waals surface area contributed by atoms with Gasteiger partial charge in [-0.2, -0.15) is 0 Å². The largest absolute Gasteiger partial charge is 0.345 e. The molecule has 0 saturated carbocycles. The molecule has 1 N–H and O–H groups in total. The molecule has 0 aliphatic carbocycles. The van der Waals surface area contributed by atoms with Crippen LogP contribution in [0.4, 0.5) is 0 Å². The standard InChI is InChI=1S/C10H9BrClN5O/c1-17-5-15-16-8(17)4-14-10(18)7-2-6(11)3-13-9(7)12/h2-3,5H,4H2,1H3,(H,14,18). The summed E-state index contributed by atoms with van der Waals surface area (Å²) in [4.78, 5) is 15.8. The molecule has 0 saturated heterocycles. The van der Waals surface area contributed by atoms with Crippen molar-refractivity contribution in [3.05, 3.63) is 39.6 Å². The van der Waals surface area contributed by atoms with Gasteiger partial charge in [0.25, 0.3) is 5.91 Å². The van der Waals surface area contributed by atoms with E-state index in [9.17, 15) is 4.79 Å². The van der Waals surface area contributed by atoms with E-state index in [1.165, 1.54) is 6.20 Å². The monoisotopic (exact) mass is 329 g/mol. The predicted octanol–water partition coefficient (Wildman–Crippen LogP) is 1.56. The van der Waals surface area contributed by atoms with Gasteiger partial charge in [0.1, 0.15) is 11.5 Å². The van der Waals surface area contributed by atoms with Crippen molar-refractivity contribution in [3.8, 4) is 0 Å². The second-order valence-electron chi connectivity index (χ2n) is 3.53. The van der Waals surface area contributed by atoms with Gasteiger partial charge >= 0.3 is 0 Å². The van der Waals surface area contributed by atoms with E-state index < -0.39 is 0 Å². The topological polar surface area (TPSA) is 72.7 Å². The lowest BCUT2D eigenvalue weighted by atomic mass is 10.2. The van der Waals surface area contributed by atoms with Crippen LogP contribution in [0, 0.1) is 0 Å². The van der Waals surface area contributed by atoms with Crippen LogP contribution in [0.25, 0.3) is 0 Å². The van der Waals surface area contributed by atoms with Crippen LogP contribution < -0.4 is 5.32 Å². The maximum Gasteiger partial charge on any atom is 0.254 e. The zero-order valence-corrected chi connectivity index (χ0v) is 11.7. The highest BCUT2D eigenvalue weighted by atomic mass is 79.9. The molecule has 0 fully saturated rings. The van der Waals surface area contributed by atoms with Gasteiger partial charge < -0.3 is 9.88 Å². The fourth-order valence-corrected chi connectivity index (χ4v) is 1.82. The van der Waals surface area contributed by atoms with Crippen molar-refractivity contribution in [3.63, 3.8) is 0 Å². The highest BCUT2D eigenvalue weighted by Gasteiger charge is 2.12. The van der Waals surface area contributed by atoms with Crippen molar-refractivity contribution in [2.75, 3.05) is 0 Å². The summed E-state index contributed by atoms with van der Waals surface area (Å²) in [5, 5.41) is 10.4. The second kappa shape index (κ2) is 5.45. The summed E-state index contributed by atoms with van der Waals surface area (Å²) in [6, 6.07) is 1.61. The fourth-order valence-electron chi connectivity index (χ4n) is 1.30. The van der Waals surface area contributed by atoms with Gasteiger partial charge in [0.05, 0.1) is 12.1 Å². The number of hydrogen-bond donors (Lipinski definition) is 1. The van der Waals surface area contributed by atoms with Gasteiger partial charge in [-0.15, -0.1) is 10.2 Å². The number of pyridine rings is 1. The Morgan fingerprint density at radius 3 is 3.06 bits per heavy atom. The molecular formula is C10H9BrClN5O. The minimum atomic E-state index is -0.309. The average molecular weight is 331 g/mol. The molecule has 2 rings (SSSR count). The predicted molar refractivity (Wildman–Crippen MR) is 69.1 cm³/mol. The molecule has 0 atom stereocenters. The molecule has 0 spiro atoms. The number of nitrogens with zero attached hydrogens (tertiary/aromatic N) is 4. The quantitative estimate of drug-likeness (QED) is 0.867. The number of carbonyl (C=O) groups is 1. The fraction of sp³-hybridized carbons (Fsp3) is 0.200. The first-order chi connectivity index (χ1) is 8.58. The van der Waals surface area contributed by atoms with Crippen LogP contribution in [0.1, 0.15) is 16.2 Å². The zero-order chi connectivity index (χ0) is 13.1. The van der Waals surface area contributed by atoms with Gasteiger partial charge in [-0.25, -0.2) is 4.98 Å². The zero-order valence-electron chi connectivity index (χ0n) is 9.39. The third-order valence-corrected chi connectivity index (χ3v) is 3.00. The van der Waals surface area contributed by atoms with Gasteiger partial charge in [-0.1, -0.05) is 11.6 Å². The number of aromatic nitrogens is 4. The Bertz CT molecular complexity index is 585. The Morgan fingerprint density at radius 1 is 1.61 bits per heavy atom.